The van der Waals surface area contributed by atoms with Crippen LogP contribution in [-0.2, 0) is 0 Å². The van der Waals surface area contributed by atoms with Crippen molar-refractivity contribution in [2.45, 2.75) is 6.10 Å². The topological polar surface area (TPSA) is 45.1 Å². The van der Waals surface area contributed by atoms with Crippen LogP contribution >= 0.6 is 0 Å². The summed E-state index contributed by atoms with van der Waals surface area (Å²) >= 11 is 0. The van der Waals surface area contributed by atoms with Crippen molar-refractivity contribution in [2.75, 3.05) is 26.2 Å². The Hall–Kier alpha value is -2.33. The summed E-state index contributed by atoms with van der Waals surface area (Å²) in [5.74, 6) is 1.74. The van der Waals surface area contributed by atoms with E-state index in [2.05, 4.69) is 9.89 Å². The summed E-state index contributed by atoms with van der Waals surface area (Å²) in [4.78, 5) is 6.67. The standard InChI is InChI=1S/C18H20N2O2/c21-16(14-22-17-9-5-2-6-10-17)13-20-12-11-19-18(20)15-7-3-1-4-8-15/h1-10,16,21H,11-14H2. The molecular formula is C18H20N2O2. The number of para-hydroxylation sites is 1. The van der Waals surface area contributed by atoms with E-state index in [-0.39, 0.29) is 6.61 Å². The highest BCUT2D eigenvalue weighted by molar-refractivity contribution is 5.99. The first kappa shape index (κ1) is 14.6. The number of hydrogen-bond acceptors (Lipinski definition) is 4. The normalized spacial score (nSPS) is 15.5. The molecule has 1 aliphatic rings. The van der Waals surface area contributed by atoms with Crippen molar-refractivity contribution in [1.82, 2.24) is 4.90 Å². The average molecular weight is 296 g/mol. The fraction of sp³-hybridized carbons (Fsp3) is 0.278. The van der Waals surface area contributed by atoms with Gasteiger partial charge in [-0.15, -0.1) is 0 Å². The van der Waals surface area contributed by atoms with E-state index in [1.54, 1.807) is 0 Å². The number of nitrogens with zero attached hydrogens (tertiary/aromatic N) is 2. The molecule has 0 aromatic heterocycles. The fourth-order valence-corrected chi connectivity index (χ4v) is 2.54. The molecule has 0 saturated carbocycles. The van der Waals surface area contributed by atoms with Gasteiger partial charge in [-0.3, -0.25) is 4.99 Å². The minimum absolute atomic E-state index is 0.280. The van der Waals surface area contributed by atoms with E-state index in [1.807, 2.05) is 60.7 Å². The first-order chi connectivity index (χ1) is 10.8. The first-order valence-electron chi connectivity index (χ1n) is 7.53. The lowest BCUT2D eigenvalue weighted by Crippen LogP contribution is -2.38. The van der Waals surface area contributed by atoms with Gasteiger partial charge in [-0.05, 0) is 12.1 Å². The molecule has 2 aromatic rings. The molecule has 0 saturated heterocycles. The Bertz CT molecular complexity index is 613. The molecule has 114 valence electrons. The average Bonchev–Trinajstić information content (AvgIpc) is 3.03. The zero-order valence-electron chi connectivity index (χ0n) is 12.4. The van der Waals surface area contributed by atoms with E-state index in [4.69, 9.17) is 4.74 Å². The third-order valence-electron chi connectivity index (χ3n) is 3.58. The van der Waals surface area contributed by atoms with Crippen molar-refractivity contribution in [3.8, 4) is 5.75 Å². The molecule has 1 heterocycles. The highest BCUT2D eigenvalue weighted by Crippen LogP contribution is 2.13. The van der Waals surface area contributed by atoms with E-state index in [0.717, 1.165) is 30.2 Å². The number of β-amino-alcohol motifs (C(OH)–C–C–N with tert-alkyl or cyclic N) is 1. The second kappa shape index (κ2) is 7.09. The van der Waals surface area contributed by atoms with Crippen molar-refractivity contribution in [3.05, 3.63) is 66.2 Å². The second-order valence-electron chi connectivity index (χ2n) is 5.30. The van der Waals surface area contributed by atoms with Crippen LogP contribution in [0.3, 0.4) is 0 Å². The molecule has 2 aromatic carbocycles. The van der Waals surface area contributed by atoms with E-state index in [9.17, 15) is 5.11 Å². The number of benzene rings is 2. The van der Waals surface area contributed by atoms with Gasteiger partial charge >= 0.3 is 0 Å². The van der Waals surface area contributed by atoms with Crippen LogP contribution in [0.5, 0.6) is 5.75 Å². The van der Waals surface area contributed by atoms with Crippen molar-refractivity contribution in [2.24, 2.45) is 4.99 Å². The summed E-state index contributed by atoms with van der Waals surface area (Å²) in [6, 6.07) is 19.6. The van der Waals surface area contributed by atoms with Gasteiger partial charge in [0, 0.05) is 18.7 Å². The van der Waals surface area contributed by atoms with Gasteiger partial charge in [-0.2, -0.15) is 0 Å². The third kappa shape index (κ3) is 3.65. The van der Waals surface area contributed by atoms with Crippen molar-refractivity contribution in [3.63, 3.8) is 0 Å². The lowest BCUT2D eigenvalue weighted by atomic mass is 10.2. The summed E-state index contributed by atoms with van der Waals surface area (Å²) in [7, 11) is 0. The number of aliphatic imine (C=N–C) groups is 1. The molecular weight excluding hydrogens is 276 g/mol. The largest absolute Gasteiger partial charge is 0.491 e. The quantitative estimate of drug-likeness (QED) is 0.889. The lowest BCUT2D eigenvalue weighted by Gasteiger charge is -2.23. The molecule has 4 nitrogen and oxygen atoms in total. The Labute approximate surface area is 130 Å². The van der Waals surface area contributed by atoms with Gasteiger partial charge in [0.05, 0.1) is 6.54 Å². The van der Waals surface area contributed by atoms with Crippen LogP contribution in [0.4, 0.5) is 0 Å². The molecule has 0 spiro atoms. The van der Waals surface area contributed by atoms with Crippen LogP contribution in [0.25, 0.3) is 0 Å². The number of aliphatic hydroxyl groups excluding tert-OH is 1. The maximum absolute atomic E-state index is 10.2. The van der Waals surface area contributed by atoms with E-state index in [0.29, 0.717) is 6.54 Å². The maximum Gasteiger partial charge on any atom is 0.131 e. The summed E-state index contributed by atoms with van der Waals surface area (Å²) < 4.78 is 5.60. The predicted octanol–water partition coefficient (Wildman–Crippen LogP) is 2.19. The van der Waals surface area contributed by atoms with Gasteiger partial charge in [0.2, 0.25) is 0 Å². The highest BCUT2D eigenvalue weighted by Gasteiger charge is 2.21. The molecule has 1 aliphatic heterocycles. The van der Waals surface area contributed by atoms with Crippen LogP contribution in [-0.4, -0.2) is 48.2 Å². The second-order valence-corrected chi connectivity index (χ2v) is 5.30. The first-order valence-corrected chi connectivity index (χ1v) is 7.53. The molecule has 0 aliphatic carbocycles. The number of rotatable bonds is 6. The Morgan fingerprint density at radius 1 is 1.05 bits per heavy atom. The van der Waals surface area contributed by atoms with Crippen LogP contribution in [0, 0.1) is 0 Å². The fourth-order valence-electron chi connectivity index (χ4n) is 2.54. The number of amidine groups is 1. The smallest absolute Gasteiger partial charge is 0.131 e. The Morgan fingerprint density at radius 2 is 1.73 bits per heavy atom. The lowest BCUT2D eigenvalue weighted by molar-refractivity contribution is 0.0890. The van der Waals surface area contributed by atoms with Crippen LogP contribution in [0.1, 0.15) is 5.56 Å². The zero-order valence-corrected chi connectivity index (χ0v) is 12.4. The monoisotopic (exact) mass is 296 g/mol. The van der Waals surface area contributed by atoms with E-state index in [1.165, 1.54) is 0 Å². The highest BCUT2D eigenvalue weighted by atomic mass is 16.5. The molecule has 0 fully saturated rings. The number of hydrogen-bond donors (Lipinski definition) is 1. The molecule has 0 radical (unpaired) electrons. The minimum Gasteiger partial charge on any atom is -0.491 e. The number of aliphatic hydroxyl groups is 1. The van der Waals surface area contributed by atoms with Crippen molar-refractivity contribution < 1.29 is 9.84 Å². The molecule has 3 rings (SSSR count). The summed E-state index contributed by atoms with van der Waals surface area (Å²) in [6.07, 6.45) is -0.549. The van der Waals surface area contributed by atoms with Crippen LogP contribution < -0.4 is 4.74 Å². The summed E-state index contributed by atoms with van der Waals surface area (Å²) in [6.45, 7) is 2.42. The van der Waals surface area contributed by atoms with Crippen molar-refractivity contribution >= 4 is 5.84 Å². The SMILES string of the molecule is OC(COc1ccccc1)CN1CCN=C1c1ccccc1. The van der Waals surface area contributed by atoms with Gasteiger partial charge in [0.25, 0.3) is 0 Å². The zero-order chi connectivity index (χ0) is 15.2. The Morgan fingerprint density at radius 3 is 2.45 bits per heavy atom. The minimum atomic E-state index is -0.549. The van der Waals surface area contributed by atoms with Gasteiger partial charge in [-0.25, -0.2) is 0 Å². The summed E-state index contributed by atoms with van der Waals surface area (Å²) in [5.41, 5.74) is 1.09. The van der Waals surface area contributed by atoms with Crippen molar-refractivity contribution in [1.29, 1.82) is 0 Å². The Kier molecular flexibility index (Phi) is 4.71. The van der Waals surface area contributed by atoms with Gasteiger partial charge < -0.3 is 14.7 Å². The predicted molar refractivity (Wildman–Crippen MR) is 87.4 cm³/mol. The molecule has 1 unspecified atom stereocenters. The number of ether oxygens (including phenoxy) is 1. The molecule has 22 heavy (non-hydrogen) atoms. The molecule has 4 heteroatoms. The maximum atomic E-state index is 10.2. The Balaban J connectivity index is 1.55. The van der Waals surface area contributed by atoms with Crippen LogP contribution in [0.15, 0.2) is 65.7 Å². The molecule has 1 atom stereocenters. The summed E-state index contributed by atoms with van der Waals surface area (Å²) in [5, 5.41) is 10.2. The molecule has 0 bridgehead atoms. The van der Waals surface area contributed by atoms with Gasteiger partial charge in [-0.1, -0.05) is 48.5 Å². The van der Waals surface area contributed by atoms with E-state index < -0.39 is 6.10 Å². The van der Waals surface area contributed by atoms with Gasteiger partial charge in [0.1, 0.15) is 24.3 Å². The third-order valence-corrected chi connectivity index (χ3v) is 3.58. The van der Waals surface area contributed by atoms with Gasteiger partial charge in [0.15, 0.2) is 0 Å². The molecule has 0 amide bonds. The molecule has 1 N–H and O–H groups in total. The van der Waals surface area contributed by atoms with Crippen LogP contribution in [0.2, 0.25) is 0 Å². The van der Waals surface area contributed by atoms with E-state index >= 15 is 0 Å².